The fraction of sp³-hybridized carbons (Fsp3) is 0.909. The van der Waals surface area contributed by atoms with Crippen LogP contribution in [0, 0.1) is 5.41 Å². The minimum absolute atomic E-state index is 0.126. The van der Waals surface area contributed by atoms with E-state index in [0.717, 1.165) is 0 Å². The molecular weight excluding hydrogens is 180 g/mol. The predicted octanol–water partition coefficient (Wildman–Crippen LogP) is 2.64. The smallest absolute Gasteiger partial charge is 0.302 e. The molecule has 0 fully saturated rings. The van der Waals surface area contributed by atoms with Gasteiger partial charge >= 0.3 is 5.97 Å². The fourth-order valence-corrected chi connectivity index (χ4v) is 0.751. The van der Waals surface area contributed by atoms with Crippen molar-refractivity contribution >= 4 is 5.97 Å². The van der Waals surface area contributed by atoms with Gasteiger partial charge in [0.15, 0.2) is 0 Å². The Morgan fingerprint density at radius 2 is 1.71 bits per heavy atom. The first kappa shape index (κ1) is 11.5. The molecule has 0 rings (SSSR count). The number of carbonyl (C=O) groups excluding carboxylic acids is 1. The molecule has 0 bridgehead atoms. The van der Waals surface area contributed by atoms with Gasteiger partial charge in [0.25, 0.3) is 0 Å². The molecule has 0 saturated carbocycles. The maximum atomic E-state index is 10.6. The summed E-state index contributed by atoms with van der Waals surface area (Å²) >= 11 is 0. The molecule has 0 N–H and O–H groups in total. The fourth-order valence-electron chi connectivity index (χ4n) is 0.751. The molecule has 0 aliphatic carbocycles. The Bertz CT molecular complexity index is 198. The molecular formula is C11H24O3. The number of hydrogen-bond donors (Lipinski definition) is 0. The lowest BCUT2D eigenvalue weighted by Gasteiger charge is -2.29. The Kier molecular flexibility index (Phi) is 3.93. The summed E-state index contributed by atoms with van der Waals surface area (Å²) in [6, 6.07) is 0. The minimum Gasteiger partial charge on any atom is -0.465 e. The number of esters is 1. The molecule has 0 unspecified atom stereocenters. The van der Waals surface area contributed by atoms with E-state index in [2.05, 4.69) is 0 Å². The van der Waals surface area contributed by atoms with Crippen molar-refractivity contribution in [3.05, 3.63) is 0 Å². The number of hydrogen-bond acceptors (Lipinski definition) is 3. The van der Waals surface area contributed by atoms with Gasteiger partial charge in [-0.3, -0.25) is 4.79 Å². The highest BCUT2D eigenvalue weighted by Gasteiger charge is 2.23. The van der Waals surface area contributed by atoms with E-state index in [1.165, 1.54) is 6.92 Å². The van der Waals surface area contributed by atoms with Crippen molar-refractivity contribution in [3.63, 3.8) is 0 Å². The molecule has 3 heteroatoms. The maximum Gasteiger partial charge on any atom is 0.302 e. The molecule has 0 saturated heterocycles. The summed E-state index contributed by atoms with van der Waals surface area (Å²) in [6.45, 7) is 12.5. The average molecular weight is 206 g/mol. The van der Waals surface area contributed by atoms with E-state index in [9.17, 15) is 4.79 Å². The van der Waals surface area contributed by atoms with Gasteiger partial charge < -0.3 is 9.47 Å². The second kappa shape index (κ2) is 4.78. The number of ether oxygens (including phenoxy) is 2. The van der Waals surface area contributed by atoms with Crippen LogP contribution in [0.4, 0.5) is 0 Å². The van der Waals surface area contributed by atoms with Crippen LogP contribution in [0.1, 0.15) is 44.5 Å². The molecule has 0 aromatic rings. The first-order chi connectivity index (χ1) is 7.12. The molecule has 0 aliphatic heterocycles. The Morgan fingerprint density at radius 3 is 2.07 bits per heavy atom. The zero-order valence-electron chi connectivity index (χ0n) is 12.1. The van der Waals surface area contributed by atoms with Crippen LogP contribution in [-0.4, -0.2) is 24.8 Å². The molecule has 86 valence electrons. The third-order valence-electron chi connectivity index (χ3n) is 1.56. The highest BCUT2D eigenvalue weighted by atomic mass is 16.5. The minimum atomic E-state index is -0.242. The lowest BCUT2D eigenvalue weighted by Crippen LogP contribution is -2.31. The summed E-state index contributed by atoms with van der Waals surface area (Å²) in [5.74, 6) is -0.242. The highest BCUT2D eigenvalue weighted by Crippen LogP contribution is 2.19. The van der Waals surface area contributed by atoms with Crippen molar-refractivity contribution in [2.75, 3.05) is 13.2 Å². The largest absolute Gasteiger partial charge is 0.465 e. The standard InChI is InChI=1S/C11H22O3.H2/c1-9(12)13-7-11(5,6)8-14-10(2,3)4;/h7-8H2,1-6H3;1H/i;1+1D. The van der Waals surface area contributed by atoms with Crippen molar-refractivity contribution < 1.29 is 17.2 Å². The monoisotopic (exact) mass is 206 g/mol. The van der Waals surface area contributed by atoms with Gasteiger partial charge in [0, 0.05) is 15.3 Å². The van der Waals surface area contributed by atoms with Crippen LogP contribution in [0.15, 0.2) is 0 Å². The molecule has 0 aromatic heterocycles. The molecule has 0 aromatic carbocycles. The van der Waals surface area contributed by atoms with Crippen molar-refractivity contribution in [3.8, 4) is 0 Å². The predicted molar refractivity (Wildman–Crippen MR) is 58.2 cm³/mol. The van der Waals surface area contributed by atoms with Crippen molar-refractivity contribution in [1.29, 1.82) is 0 Å². The van der Waals surface area contributed by atoms with Crippen LogP contribution in [0.2, 0.25) is 0 Å². The van der Waals surface area contributed by atoms with Crippen LogP contribution in [0.25, 0.3) is 0 Å². The molecule has 0 aliphatic rings. The van der Waals surface area contributed by atoms with Crippen molar-refractivity contribution in [1.82, 2.24) is 0 Å². The van der Waals surface area contributed by atoms with Crippen LogP contribution in [0.3, 0.4) is 0 Å². The van der Waals surface area contributed by atoms with Gasteiger partial charge in [0.1, 0.15) is 0 Å². The lowest BCUT2D eigenvalue weighted by atomic mass is 9.96. The zero-order valence-corrected chi connectivity index (χ0v) is 10.1. The molecule has 0 heterocycles. The quantitative estimate of drug-likeness (QED) is 0.663. The molecule has 0 spiro atoms. The second-order valence-corrected chi connectivity index (χ2v) is 5.35. The van der Waals surface area contributed by atoms with E-state index in [1.807, 2.05) is 34.6 Å². The van der Waals surface area contributed by atoms with Gasteiger partial charge in [-0.1, -0.05) is 13.8 Å². The summed E-state index contributed by atoms with van der Waals surface area (Å²) in [4.78, 5) is 10.6. The lowest BCUT2D eigenvalue weighted by molar-refractivity contribution is -0.146. The first-order valence-electron chi connectivity index (χ1n) is 5.90. The Balaban J connectivity index is 0. The molecule has 0 atom stereocenters. The summed E-state index contributed by atoms with van der Waals surface area (Å²) in [6.07, 6.45) is 0. The topological polar surface area (TPSA) is 35.5 Å². The van der Waals surface area contributed by atoms with Crippen LogP contribution < -0.4 is 0 Å². The zero-order chi connectivity index (χ0) is 13.4. The van der Waals surface area contributed by atoms with E-state index < -0.39 is 0 Å². The number of rotatable bonds is 4. The first-order valence-corrected chi connectivity index (χ1v) is 4.90. The van der Waals surface area contributed by atoms with Gasteiger partial charge in [-0.25, -0.2) is 0 Å². The average Bonchev–Trinajstić information content (AvgIpc) is 2.15. The van der Waals surface area contributed by atoms with Crippen molar-refractivity contribution in [2.45, 2.75) is 47.1 Å². The summed E-state index contributed by atoms with van der Waals surface area (Å²) in [5, 5.41) is 0. The van der Waals surface area contributed by atoms with Gasteiger partial charge in [0.2, 0.25) is 0 Å². The molecule has 0 amide bonds. The molecule has 14 heavy (non-hydrogen) atoms. The third-order valence-corrected chi connectivity index (χ3v) is 1.56. The van der Waals surface area contributed by atoms with E-state index in [-0.39, 0.29) is 17.0 Å². The number of carbonyl (C=O) groups is 1. The van der Waals surface area contributed by atoms with Crippen LogP contribution >= 0.6 is 0 Å². The Morgan fingerprint density at radius 1 is 1.21 bits per heavy atom. The van der Waals surface area contributed by atoms with Crippen molar-refractivity contribution in [2.24, 2.45) is 5.41 Å². The summed E-state index contributed by atoms with van der Waals surface area (Å²) in [5.41, 5.74) is -0.271. The van der Waals surface area contributed by atoms with Gasteiger partial charge in [-0.2, -0.15) is 0 Å². The molecule has 3 nitrogen and oxygen atoms in total. The van der Waals surface area contributed by atoms with Gasteiger partial charge in [-0.05, 0) is 20.8 Å². The summed E-state index contributed by atoms with van der Waals surface area (Å²) < 4.78 is 20.6. The normalized spacial score (nSPS) is 13.3. The Hall–Kier alpha value is -0.570. The van der Waals surface area contributed by atoms with Crippen LogP contribution in [0.5, 0.6) is 0 Å². The van der Waals surface area contributed by atoms with Crippen LogP contribution in [-0.2, 0) is 14.3 Å². The van der Waals surface area contributed by atoms with Gasteiger partial charge in [-0.15, -0.1) is 0 Å². The van der Waals surface area contributed by atoms with Gasteiger partial charge in [0.05, 0.1) is 18.8 Å². The summed E-state index contributed by atoms with van der Waals surface area (Å²) in [7, 11) is 0. The van der Waals surface area contributed by atoms with E-state index in [1.54, 1.807) is 0 Å². The maximum absolute atomic E-state index is 10.6. The SMILES string of the molecule is CC(=O)OCC(C)(C)COC(C)(C)C.[2H][2H]. The Labute approximate surface area is 89.9 Å². The van der Waals surface area contributed by atoms with E-state index in [0.29, 0.717) is 13.2 Å². The van der Waals surface area contributed by atoms with E-state index in [4.69, 9.17) is 12.4 Å². The highest BCUT2D eigenvalue weighted by molar-refractivity contribution is 5.65. The second-order valence-electron chi connectivity index (χ2n) is 5.35. The third kappa shape index (κ3) is 8.05. The molecule has 0 radical (unpaired) electrons. The van der Waals surface area contributed by atoms with E-state index >= 15 is 0 Å².